The number of nitrogens with zero attached hydrogens (tertiary/aromatic N) is 3. The number of hydrazine groups is 1. The van der Waals surface area contributed by atoms with E-state index in [9.17, 15) is 0 Å². The molecule has 0 spiro atoms. The molecular formula is C14H25N5. The largest absolute Gasteiger partial charge is 0.356 e. The number of hydrogen-bond acceptors (Lipinski definition) is 5. The first-order valence-corrected chi connectivity index (χ1v) is 7.24. The topological polar surface area (TPSA) is 67.1 Å². The Hall–Kier alpha value is -1.36. The lowest BCUT2D eigenvalue weighted by atomic mass is 10.0. The summed E-state index contributed by atoms with van der Waals surface area (Å²) in [6, 6.07) is 1.94. The molecule has 0 saturated carbocycles. The molecule has 0 aromatic carbocycles. The van der Waals surface area contributed by atoms with E-state index in [0.29, 0.717) is 11.7 Å². The highest BCUT2D eigenvalue weighted by Gasteiger charge is 2.23. The van der Waals surface area contributed by atoms with Gasteiger partial charge in [-0.25, -0.2) is 15.8 Å². The van der Waals surface area contributed by atoms with Crippen molar-refractivity contribution in [2.24, 2.45) is 11.8 Å². The Morgan fingerprint density at radius 3 is 2.89 bits per heavy atom. The molecule has 1 fully saturated rings. The maximum Gasteiger partial charge on any atom is 0.145 e. The van der Waals surface area contributed by atoms with Crippen molar-refractivity contribution >= 4 is 11.6 Å². The maximum absolute atomic E-state index is 5.50. The summed E-state index contributed by atoms with van der Waals surface area (Å²) in [5.41, 5.74) is 2.64. The van der Waals surface area contributed by atoms with E-state index in [1.165, 1.54) is 19.3 Å². The van der Waals surface area contributed by atoms with Crippen molar-refractivity contribution in [2.45, 2.75) is 46.0 Å². The highest BCUT2D eigenvalue weighted by molar-refractivity contribution is 5.49. The summed E-state index contributed by atoms with van der Waals surface area (Å²) < 4.78 is 0. The number of nitrogens with two attached hydrogens (primary N) is 1. The Morgan fingerprint density at radius 1 is 1.47 bits per heavy atom. The minimum Gasteiger partial charge on any atom is -0.356 e. The molecule has 1 atom stereocenters. The lowest BCUT2D eigenvalue weighted by Crippen LogP contribution is -2.22. The number of rotatable bonds is 5. The normalized spacial score (nSPS) is 19.2. The van der Waals surface area contributed by atoms with Crippen molar-refractivity contribution in [3.8, 4) is 0 Å². The molecule has 19 heavy (non-hydrogen) atoms. The van der Waals surface area contributed by atoms with Crippen LogP contribution in [0.1, 0.15) is 51.8 Å². The van der Waals surface area contributed by atoms with Gasteiger partial charge in [-0.2, -0.15) is 0 Å². The summed E-state index contributed by atoms with van der Waals surface area (Å²) in [6.45, 7) is 8.64. The predicted octanol–water partition coefficient (Wildman–Crippen LogP) is 2.51. The van der Waals surface area contributed by atoms with Gasteiger partial charge in [-0.15, -0.1) is 0 Å². The highest BCUT2D eigenvalue weighted by Crippen LogP contribution is 2.27. The van der Waals surface area contributed by atoms with Gasteiger partial charge in [-0.3, -0.25) is 0 Å². The van der Waals surface area contributed by atoms with Crippen LogP contribution in [0.25, 0.3) is 0 Å². The van der Waals surface area contributed by atoms with Crippen LogP contribution in [-0.4, -0.2) is 23.1 Å². The van der Waals surface area contributed by atoms with Crippen molar-refractivity contribution in [3.63, 3.8) is 0 Å². The molecule has 0 amide bonds. The third kappa shape index (κ3) is 3.35. The summed E-state index contributed by atoms with van der Waals surface area (Å²) in [7, 11) is 0. The number of aromatic nitrogens is 2. The van der Waals surface area contributed by atoms with Crippen LogP contribution in [0.15, 0.2) is 6.07 Å². The van der Waals surface area contributed by atoms with Gasteiger partial charge < -0.3 is 10.3 Å². The van der Waals surface area contributed by atoms with Gasteiger partial charge in [0.2, 0.25) is 0 Å². The third-order valence-electron chi connectivity index (χ3n) is 3.70. The molecule has 106 valence electrons. The van der Waals surface area contributed by atoms with Crippen LogP contribution in [0.2, 0.25) is 0 Å². The summed E-state index contributed by atoms with van der Waals surface area (Å²) in [4.78, 5) is 11.4. The van der Waals surface area contributed by atoms with Crippen LogP contribution in [0.5, 0.6) is 0 Å². The van der Waals surface area contributed by atoms with Crippen LogP contribution in [0, 0.1) is 5.92 Å². The molecule has 3 N–H and O–H groups in total. The molecule has 1 unspecified atom stereocenters. The zero-order valence-electron chi connectivity index (χ0n) is 12.2. The van der Waals surface area contributed by atoms with E-state index in [1.807, 2.05) is 6.07 Å². The Kier molecular flexibility index (Phi) is 4.58. The minimum absolute atomic E-state index is 0.307. The van der Waals surface area contributed by atoms with Crippen LogP contribution >= 0.6 is 0 Å². The van der Waals surface area contributed by atoms with Crippen LogP contribution < -0.4 is 16.2 Å². The van der Waals surface area contributed by atoms with Crippen LogP contribution in [-0.2, 0) is 0 Å². The molecule has 2 heterocycles. The van der Waals surface area contributed by atoms with E-state index >= 15 is 0 Å². The second-order valence-electron chi connectivity index (χ2n) is 5.66. The van der Waals surface area contributed by atoms with E-state index < -0.39 is 0 Å². The zero-order valence-corrected chi connectivity index (χ0v) is 12.2. The Morgan fingerprint density at radius 2 is 2.26 bits per heavy atom. The molecule has 1 saturated heterocycles. The second kappa shape index (κ2) is 6.19. The fourth-order valence-corrected chi connectivity index (χ4v) is 2.63. The van der Waals surface area contributed by atoms with Crippen LogP contribution in [0.4, 0.5) is 11.6 Å². The van der Waals surface area contributed by atoms with Gasteiger partial charge in [-0.05, 0) is 18.8 Å². The Bertz CT molecular complexity index is 418. The van der Waals surface area contributed by atoms with E-state index in [2.05, 4.69) is 41.1 Å². The minimum atomic E-state index is 0.307. The van der Waals surface area contributed by atoms with Gasteiger partial charge in [0.25, 0.3) is 0 Å². The monoisotopic (exact) mass is 263 g/mol. The quantitative estimate of drug-likeness (QED) is 0.631. The molecule has 1 aliphatic rings. The summed E-state index contributed by atoms with van der Waals surface area (Å²) in [5.74, 6) is 9.17. The number of anilines is 2. The van der Waals surface area contributed by atoms with Crippen molar-refractivity contribution in [3.05, 3.63) is 11.9 Å². The maximum atomic E-state index is 5.50. The van der Waals surface area contributed by atoms with Crippen molar-refractivity contribution in [1.82, 2.24) is 9.97 Å². The molecule has 5 heteroatoms. The molecule has 5 nitrogen and oxygen atoms in total. The summed E-state index contributed by atoms with van der Waals surface area (Å²) in [5, 5.41) is 0. The third-order valence-corrected chi connectivity index (χ3v) is 3.70. The SMILES string of the molecule is CCCC1CCN(c2cc(NN)nc(C(C)C)n2)C1. The van der Waals surface area contributed by atoms with Gasteiger partial charge in [0, 0.05) is 25.1 Å². The fourth-order valence-electron chi connectivity index (χ4n) is 2.63. The molecule has 2 rings (SSSR count). The second-order valence-corrected chi connectivity index (χ2v) is 5.66. The molecule has 0 aliphatic carbocycles. The average molecular weight is 263 g/mol. The first-order chi connectivity index (χ1) is 9.13. The molecule has 1 aromatic heterocycles. The fraction of sp³-hybridized carbons (Fsp3) is 0.714. The number of hydrogen-bond donors (Lipinski definition) is 2. The molecule has 0 radical (unpaired) electrons. The first kappa shape index (κ1) is 14.1. The molecular weight excluding hydrogens is 238 g/mol. The van der Waals surface area contributed by atoms with Crippen LogP contribution in [0.3, 0.4) is 0 Å². The summed E-state index contributed by atoms with van der Waals surface area (Å²) >= 11 is 0. The Labute approximate surface area is 115 Å². The highest BCUT2D eigenvalue weighted by atomic mass is 15.3. The van der Waals surface area contributed by atoms with E-state index in [4.69, 9.17) is 5.84 Å². The van der Waals surface area contributed by atoms with Crippen molar-refractivity contribution in [1.29, 1.82) is 0 Å². The molecule has 1 aromatic rings. The molecule has 0 bridgehead atoms. The average Bonchev–Trinajstić information content (AvgIpc) is 2.87. The van der Waals surface area contributed by atoms with Gasteiger partial charge in [0.05, 0.1) is 0 Å². The smallest absolute Gasteiger partial charge is 0.145 e. The first-order valence-electron chi connectivity index (χ1n) is 7.24. The number of nitrogens with one attached hydrogen (secondary N) is 1. The zero-order chi connectivity index (χ0) is 13.8. The standard InChI is InChI=1S/C14H25N5/c1-4-5-11-6-7-19(9-11)13-8-12(18-15)16-14(17-13)10(2)3/h8,10-11H,4-7,9,15H2,1-3H3,(H,16,17,18). The van der Waals surface area contributed by atoms with Gasteiger partial charge in [0.15, 0.2) is 0 Å². The van der Waals surface area contributed by atoms with Crippen molar-refractivity contribution < 1.29 is 0 Å². The van der Waals surface area contributed by atoms with E-state index in [1.54, 1.807) is 0 Å². The molecule has 1 aliphatic heterocycles. The predicted molar refractivity (Wildman–Crippen MR) is 79.2 cm³/mol. The van der Waals surface area contributed by atoms with Gasteiger partial charge in [-0.1, -0.05) is 27.2 Å². The van der Waals surface area contributed by atoms with Crippen molar-refractivity contribution in [2.75, 3.05) is 23.4 Å². The number of nitrogen functional groups attached to an aromatic ring is 1. The van der Waals surface area contributed by atoms with E-state index in [0.717, 1.165) is 30.6 Å². The van der Waals surface area contributed by atoms with E-state index in [-0.39, 0.29) is 0 Å². The Balaban J connectivity index is 2.17. The van der Waals surface area contributed by atoms with Gasteiger partial charge >= 0.3 is 0 Å². The lowest BCUT2D eigenvalue weighted by molar-refractivity contribution is 0.529. The summed E-state index contributed by atoms with van der Waals surface area (Å²) in [6.07, 6.45) is 3.83. The van der Waals surface area contributed by atoms with Gasteiger partial charge in [0.1, 0.15) is 17.5 Å². The lowest BCUT2D eigenvalue weighted by Gasteiger charge is -2.19.